The first-order valence-electron chi connectivity index (χ1n) is 7.91. The van der Waals surface area contributed by atoms with Crippen molar-refractivity contribution in [2.45, 2.75) is 18.8 Å². The number of fused-ring (bicyclic) bond motifs is 2. The average Bonchev–Trinajstić information content (AvgIpc) is 2.61. The van der Waals surface area contributed by atoms with Gasteiger partial charge in [0.1, 0.15) is 11.7 Å². The van der Waals surface area contributed by atoms with E-state index in [9.17, 15) is 5.26 Å². The fourth-order valence-corrected chi connectivity index (χ4v) is 3.92. The summed E-state index contributed by atoms with van der Waals surface area (Å²) >= 11 is 3.46. The minimum Gasteiger partial charge on any atom is -0.442 e. The first-order chi connectivity index (χ1) is 11.7. The Labute approximate surface area is 149 Å². The standard InChI is InChI=1S/C20H15BrN2O/c21-14-8-5-13(6-9-14)18-16-10-7-12-3-1-2-4-15(12)19(16)24-20(23)17(18)11-22/h1-6,8-9,17-18,23H,7,10H2. The molecule has 24 heavy (non-hydrogen) atoms. The van der Waals surface area contributed by atoms with Gasteiger partial charge in [-0.15, -0.1) is 0 Å². The molecule has 2 aliphatic rings. The van der Waals surface area contributed by atoms with E-state index in [4.69, 9.17) is 10.1 Å². The Morgan fingerprint density at radius 3 is 2.58 bits per heavy atom. The predicted octanol–water partition coefficient (Wildman–Crippen LogP) is 5.04. The van der Waals surface area contributed by atoms with Crippen molar-refractivity contribution in [3.63, 3.8) is 0 Å². The number of nitrogens with one attached hydrogen (secondary N) is 1. The number of halogens is 1. The third-order valence-corrected chi connectivity index (χ3v) is 5.32. The molecule has 0 saturated carbocycles. The van der Waals surface area contributed by atoms with E-state index in [-0.39, 0.29) is 11.8 Å². The molecule has 118 valence electrons. The van der Waals surface area contributed by atoms with Crippen LogP contribution in [0.4, 0.5) is 0 Å². The molecule has 2 unspecified atom stereocenters. The van der Waals surface area contributed by atoms with Crippen molar-refractivity contribution in [3.8, 4) is 6.07 Å². The van der Waals surface area contributed by atoms with Gasteiger partial charge in [0.25, 0.3) is 0 Å². The highest BCUT2D eigenvalue weighted by molar-refractivity contribution is 9.10. The molecule has 2 aromatic carbocycles. The van der Waals surface area contributed by atoms with Gasteiger partial charge in [-0.1, -0.05) is 52.3 Å². The fraction of sp³-hybridized carbons (Fsp3) is 0.200. The van der Waals surface area contributed by atoms with Crippen LogP contribution in [-0.2, 0) is 11.2 Å². The van der Waals surface area contributed by atoms with Crippen LogP contribution in [0.1, 0.15) is 29.0 Å². The van der Waals surface area contributed by atoms with Crippen LogP contribution in [0.15, 0.2) is 58.6 Å². The van der Waals surface area contributed by atoms with Gasteiger partial charge in [0.2, 0.25) is 5.90 Å². The van der Waals surface area contributed by atoms with Crippen LogP contribution in [0.5, 0.6) is 0 Å². The van der Waals surface area contributed by atoms with Gasteiger partial charge in [0.05, 0.1) is 6.07 Å². The zero-order valence-electron chi connectivity index (χ0n) is 12.9. The molecular weight excluding hydrogens is 364 g/mol. The van der Waals surface area contributed by atoms with E-state index in [2.05, 4.69) is 28.1 Å². The van der Waals surface area contributed by atoms with E-state index in [0.29, 0.717) is 0 Å². The first kappa shape index (κ1) is 15.2. The lowest BCUT2D eigenvalue weighted by Gasteiger charge is -2.36. The van der Waals surface area contributed by atoms with Gasteiger partial charge >= 0.3 is 0 Å². The van der Waals surface area contributed by atoms with Gasteiger partial charge in [0.15, 0.2) is 0 Å². The summed E-state index contributed by atoms with van der Waals surface area (Å²) in [4.78, 5) is 0. The molecule has 0 amide bonds. The van der Waals surface area contributed by atoms with E-state index < -0.39 is 5.92 Å². The maximum absolute atomic E-state index is 9.63. The zero-order chi connectivity index (χ0) is 16.7. The van der Waals surface area contributed by atoms with Crippen molar-refractivity contribution in [1.82, 2.24) is 0 Å². The van der Waals surface area contributed by atoms with Gasteiger partial charge in [-0.05, 0) is 41.7 Å². The van der Waals surface area contributed by atoms with Gasteiger partial charge in [-0.2, -0.15) is 5.26 Å². The minimum atomic E-state index is -0.574. The van der Waals surface area contributed by atoms with Crippen LogP contribution in [-0.4, -0.2) is 5.90 Å². The molecule has 1 aliphatic heterocycles. The maximum Gasteiger partial charge on any atom is 0.205 e. The van der Waals surface area contributed by atoms with E-state index in [1.165, 1.54) is 5.56 Å². The normalized spacial score (nSPS) is 22.2. The summed E-state index contributed by atoms with van der Waals surface area (Å²) in [6.07, 6.45) is 1.80. The van der Waals surface area contributed by atoms with Crippen LogP contribution in [0.3, 0.4) is 0 Å². The van der Waals surface area contributed by atoms with Crippen LogP contribution >= 0.6 is 15.9 Å². The van der Waals surface area contributed by atoms with Gasteiger partial charge in [-0.3, -0.25) is 5.41 Å². The van der Waals surface area contributed by atoms with Gasteiger partial charge in [0, 0.05) is 16.0 Å². The molecule has 1 aliphatic carbocycles. The number of nitrogens with zero attached hydrogens (tertiary/aromatic N) is 1. The largest absolute Gasteiger partial charge is 0.442 e. The lowest BCUT2D eigenvalue weighted by molar-refractivity contribution is 0.410. The Kier molecular flexibility index (Phi) is 3.74. The highest BCUT2D eigenvalue weighted by atomic mass is 79.9. The molecule has 0 radical (unpaired) electrons. The smallest absolute Gasteiger partial charge is 0.205 e. The molecule has 2 aromatic rings. The van der Waals surface area contributed by atoms with Crippen LogP contribution < -0.4 is 0 Å². The summed E-state index contributed by atoms with van der Waals surface area (Å²) in [7, 11) is 0. The minimum absolute atomic E-state index is 0.0425. The number of allylic oxidation sites excluding steroid dienone is 1. The third kappa shape index (κ3) is 2.37. The van der Waals surface area contributed by atoms with Crippen molar-refractivity contribution < 1.29 is 4.74 Å². The lowest BCUT2D eigenvalue weighted by atomic mass is 9.73. The van der Waals surface area contributed by atoms with Gasteiger partial charge in [-0.25, -0.2) is 0 Å². The quantitative estimate of drug-likeness (QED) is 0.755. The third-order valence-electron chi connectivity index (χ3n) is 4.79. The molecule has 4 heteroatoms. The second-order valence-electron chi connectivity index (χ2n) is 6.11. The molecule has 1 N–H and O–H groups in total. The summed E-state index contributed by atoms with van der Waals surface area (Å²) in [5, 5.41) is 17.9. The predicted molar refractivity (Wildman–Crippen MR) is 96.5 cm³/mol. The molecule has 3 nitrogen and oxygen atoms in total. The molecule has 2 atom stereocenters. The molecule has 0 saturated heterocycles. The summed E-state index contributed by atoms with van der Waals surface area (Å²) < 4.78 is 6.83. The Morgan fingerprint density at radius 2 is 1.83 bits per heavy atom. The number of ether oxygens (including phenoxy) is 1. The highest BCUT2D eigenvalue weighted by Gasteiger charge is 2.40. The van der Waals surface area contributed by atoms with E-state index in [0.717, 1.165) is 39.8 Å². The number of nitriles is 1. The monoisotopic (exact) mass is 378 g/mol. The number of rotatable bonds is 1. The number of hydrogen-bond donors (Lipinski definition) is 1. The number of benzene rings is 2. The molecule has 0 bridgehead atoms. The van der Waals surface area contributed by atoms with Crippen LogP contribution in [0.25, 0.3) is 5.76 Å². The summed E-state index contributed by atoms with van der Waals surface area (Å²) in [6, 6.07) is 18.5. The molecular formula is C20H15BrN2O. The van der Waals surface area contributed by atoms with Crippen LogP contribution in [0.2, 0.25) is 0 Å². The second kappa shape index (κ2) is 5.92. The fourth-order valence-electron chi connectivity index (χ4n) is 3.66. The first-order valence-corrected chi connectivity index (χ1v) is 8.71. The van der Waals surface area contributed by atoms with Gasteiger partial charge < -0.3 is 4.74 Å². The Morgan fingerprint density at radius 1 is 1.08 bits per heavy atom. The number of hydrogen-bond acceptors (Lipinski definition) is 3. The van der Waals surface area contributed by atoms with Crippen molar-refractivity contribution in [3.05, 3.63) is 75.3 Å². The van der Waals surface area contributed by atoms with Crippen molar-refractivity contribution in [2.24, 2.45) is 5.92 Å². The average molecular weight is 379 g/mol. The van der Waals surface area contributed by atoms with E-state index in [1.54, 1.807) is 0 Å². The topological polar surface area (TPSA) is 56.9 Å². The molecule has 0 aromatic heterocycles. The molecule has 1 heterocycles. The second-order valence-corrected chi connectivity index (χ2v) is 7.03. The Hall–Kier alpha value is -2.38. The maximum atomic E-state index is 9.63. The summed E-state index contributed by atoms with van der Waals surface area (Å²) in [5.41, 5.74) is 4.50. The van der Waals surface area contributed by atoms with E-state index >= 15 is 0 Å². The van der Waals surface area contributed by atoms with Crippen molar-refractivity contribution >= 4 is 27.6 Å². The SMILES string of the molecule is N#CC1C(=N)OC2=C(CCc3ccccc32)C1c1ccc(Br)cc1. The van der Waals surface area contributed by atoms with Crippen LogP contribution in [0, 0.1) is 22.7 Å². The van der Waals surface area contributed by atoms with E-state index in [1.807, 2.05) is 42.5 Å². The van der Waals surface area contributed by atoms with Crippen molar-refractivity contribution in [2.75, 3.05) is 0 Å². The molecule has 4 rings (SSSR count). The number of aryl methyl sites for hydroxylation is 1. The highest BCUT2D eigenvalue weighted by Crippen LogP contribution is 2.47. The zero-order valence-corrected chi connectivity index (χ0v) is 14.5. The van der Waals surface area contributed by atoms with Crippen molar-refractivity contribution in [1.29, 1.82) is 10.7 Å². The summed E-state index contributed by atoms with van der Waals surface area (Å²) in [6.45, 7) is 0. The Bertz CT molecular complexity index is 893. The molecule has 0 spiro atoms. The Balaban J connectivity index is 1.91. The molecule has 0 fully saturated rings. The lowest BCUT2D eigenvalue weighted by Crippen LogP contribution is -2.31. The summed E-state index contributed by atoms with van der Waals surface area (Å²) in [5.74, 6) is 0.130.